The van der Waals surface area contributed by atoms with Gasteiger partial charge in [-0.1, -0.05) is 11.6 Å². The van der Waals surface area contributed by atoms with E-state index >= 15 is 0 Å². The molecule has 0 atom stereocenters. The van der Waals surface area contributed by atoms with Crippen molar-refractivity contribution in [1.29, 1.82) is 0 Å². The molecule has 0 aliphatic heterocycles. The number of benzene rings is 1. The van der Waals surface area contributed by atoms with E-state index in [4.69, 9.17) is 21.1 Å². The zero-order valence-corrected chi connectivity index (χ0v) is 14.7. The SMILES string of the molecule is CN=C(NCCOCCOC)NCCSc1ccc(Cl)cc1. The average molecular weight is 346 g/mol. The Kier molecular flexibility index (Phi) is 10.9. The van der Waals surface area contributed by atoms with Gasteiger partial charge < -0.3 is 20.1 Å². The predicted molar refractivity (Wildman–Crippen MR) is 94.2 cm³/mol. The predicted octanol–water partition coefficient (Wildman–Crippen LogP) is 2.26. The van der Waals surface area contributed by atoms with Crippen LogP contribution in [0.4, 0.5) is 0 Å². The zero-order chi connectivity index (χ0) is 16.0. The van der Waals surface area contributed by atoms with Crippen LogP contribution < -0.4 is 10.6 Å². The van der Waals surface area contributed by atoms with E-state index in [1.54, 1.807) is 25.9 Å². The zero-order valence-electron chi connectivity index (χ0n) is 13.1. The Hall–Kier alpha value is -0.950. The number of aliphatic imine (C=N–C) groups is 1. The molecule has 0 spiro atoms. The molecule has 0 aliphatic rings. The van der Waals surface area contributed by atoms with Crippen molar-refractivity contribution >= 4 is 29.3 Å². The van der Waals surface area contributed by atoms with Gasteiger partial charge in [0.05, 0.1) is 19.8 Å². The lowest BCUT2D eigenvalue weighted by molar-refractivity contribution is 0.0733. The molecule has 0 heterocycles. The van der Waals surface area contributed by atoms with Crippen LogP contribution in [-0.4, -0.2) is 58.8 Å². The first-order valence-corrected chi connectivity index (χ1v) is 8.52. The summed E-state index contributed by atoms with van der Waals surface area (Å²) in [6.45, 7) is 3.41. The summed E-state index contributed by atoms with van der Waals surface area (Å²) in [7, 11) is 3.42. The number of hydrogen-bond acceptors (Lipinski definition) is 4. The molecule has 0 amide bonds. The number of halogens is 1. The third-order valence-electron chi connectivity index (χ3n) is 2.67. The normalized spacial score (nSPS) is 11.5. The number of nitrogens with zero attached hydrogens (tertiary/aromatic N) is 1. The summed E-state index contributed by atoms with van der Waals surface area (Å²) in [6, 6.07) is 7.86. The topological polar surface area (TPSA) is 54.9 Å². The van der Waals surface area contributed by atoms with Gasteiger partial charge in [-0.05, 0) is 24.3 Å². The smallest absolute Gasteiger partial charge is 0.191 e. The van der Waals surface area contributed by atoms with Crippen LogP contribution in [-0.2, 0) is 9.47 Å². The van der Waals surface area contributed by atoms with Gasteiger partial charge >= 0.3 is 0 Å². The molecule has 2 N–H and O–H groups in total. The molecule has 0 saturated heterocycles. The van der Waals surface area contributed by atoms with E-state index in [1.807, 2.05) is 24.3 Å². The molecule has 0 unspecified atom stereocenters. The van der Waals surface area contributed by atoms with E-state index < -0.39 is 0 Å². The molecule has 0 aliphatic carbocycles. The Morgan fingerprint density at radius 3 is 2.55 bits per heavy atom. The molecule has 0 aromatic heterocycles. The second kappa shape index (κ2) is 12.6. The molecule has 0 fully saturated rings. The molecule has 7 heteroatoms. The first-order chi connectivity index (χ1) is 10.8. The summed E-state index contributed by atoms with van der Waals surface area (Å²) in [5, 5.41) is 7.23. The Morgan fingerprint density at radius 2 is 1.86 bits per heavy atom. The number of guanidine groups is 1. The van der Waals surface area contributed by atoms with Crippen molar-refractivity contribution in [1.82, 2.24) is 10.6 Å². The van der Waals surface area contributed by atoms with Crippen LogP contribution in [0.15, 0.2) is 34.2 Å². The quantitative estimate of drug-likeness (QED) is 0.295. The summed E-state index contributed by atoms with van der Waals surface area (Å²) in [5.41, 5.74) is 0. The fraction of sp³-hybridized carbons (Fsp3) is 0.533. The van der Waals surface area contributed by atoms with Crippen molar-refractivity contribution in [2.24, 2.45) is 4.99 Å². The second-order valence-corrected chi connectivity index (χ2v) is 5.94. The summed E-state index contributed by atoms with van der Waals surface area (Å²) in [4.78, 5) is 5.37. The molecule has 0 saturated carbocycles. The third kappa shape index (κ3) is 9.15. The van der Waals surface area contributed by atoms with Crippen LogP contribution in [0.1, 0.15) is 0 Å². The standard InChI is InChI=1S/C15H24ClN3O2S/c1-17-15(18-7-9-21-11-10-20-2)19-8-12-22-14-5-3-13(16)4-6-14/h3-6H,7-12H2,1-2H3,(H2,17,18,19). The van der Waals surface area contributed by atoms with E-state index in [1.165, 1.54) is 4.90 Å². The van der Waals surface area contributed by atoms with Gasteiger partial charge in [-0.15, -0.1) is 11.8 Å². The highest BCUT2D eigenvalue weighted by molar-refractivity contribution is 7.99. The molecular weight excluding hydrogens is 322 g/mol. The van der Waals surface area contributed by atoms with Gasteiger partial charge in [-0.3, -0.25) is 4.99 Å². The lowest BCUT2D eigenvalue weighted by Crippen LogP contribution is -2.40. The van der Waals surface area contributed by atoms with Gasteiger partial charge in [0.15, 0.2) is 5.96 Å². The lowest BCUT2D eigenvalue weighted by atomic mass is 10.4. The molecule has 1 rings (SSSR count). The first-order valence-electron chi connectivity index (χ1n) is 7.16. The third-order valence-corrected chi connectivity index (χ3v) is 3.94. The van der Waals surface area contributed by atoms with Gasteiger partial charge in [-0.2, -0.15) is 0 Å². The Bertz CT molecular complexity index is 429. The summed E-state index contributed by atoms with van der Waals surface area (Å²) in [5.74, 6) is 1.74. The van der Waals surface area contributed by atoms with E-state index in [0.29, 0.717) is 26.4 Å². The first kappa shape index (κ1) is 19.1. The van der Waals surface area contributed by atoms with E-state index in [2.05, 4.69) is 15.6 Å². The molecule has 22 heavy (non-hydrogen) atoms. The Labute approximate surface area is 141 Å². The monoisotopic (exact) mass is 345 g/mol. The van der Waals surface area contributed by atoms with Crippen molar-refractivity contribution in [2.45, 2.75) is 4.90 Å². The van der Waals surface area contributed by atoms with E-state index in [9.17, 15) is 0 Å². The number of methoxy groups -OCH3 is 1. The maximum absolute atomic E-state index is 5.86. The molecule has 124 valence electrons. The Morgan fingerprint density at radius 1 is 1.14 bits per heavy atom. The van der Waals surface area contributed by atoms with Crippen LogP contribution >= 0.6 is 23.4 Å². The van der Waals surface area contributed by atoms with Gasteiger partial charge in [0.25, 0.3) is 0 Å². The van der Waals surface area contributed by atoms with Gasteiger partial charge in [-0.25, -0.2) is 0 Å². The number of rotatable bonds is 10. The van der Waals surface area contributed by atoms with Crippen LogP contribution in [0.2, 0.25) is 5.02 Å². The minimum Gasteiger partial charge on any atom is -0.382 e. The minimum atomic E-state index is 0.613. The van der Waals surface area contributed by atoms with Crippen LogP contribution in [0.3, 0.4) is 0 Å². The fourth-order valence-electron chi connectivity index (χ4n) is 1.58. The molecule has 0 bridgehead atoms. The van der Waals surface area contributed by atoms with Gasteiger partial charge in [0, 0.05) is 42.9 Å². The molecular formula is C15H24ClN3O2S. The largest absolute Gasteiger partial charge is 0.382 e. The van der Waals surface area contributed by atoms with Crippen molar-refractivity contribution < 1.29 is 9.47 Å². The highest BCUT2D eigenvalue weighted by Crippen LogP contribution is 2.19. The fourth-order valence-corrected chi connectivity index (χ4v) is 2.47. The number of hydrogen-bond donors (Lipinski definition) is 2. The maximum atomic E-state index is 5.86. The average Bonchev–Trinajstić information content (AvgIpc) is 2.54. The molecule has 0 radical (unpaired) electrons. The Balaban J connectivity index is 2.07. The van der Waals surface area contributed by atoms with Crippen LogP contribution in [0, 0.1) is 0 Å². The summed E-state index contributed by atoms with van der Waals surface area (Å²) >= 11 is 7.64. The van der Waals surface area contributed by atoms with Crippen molar-refractivity contribution in [3.8, 4) is 0 Å². The number of ether oxygens (including phenoxy) is 2. The summed E-state index contributed by atoms with van der Waals surface area (Å²) in [6.07, 6.45) is 0. The van der Waals surface area contributed by atoms with Crippen molar-refractivity contribution in [2.75, 3.05) is 52.8 Å². The lowest BCUT2D eigenvalue weighted by Gasteiger charge is -2.12. The highest BCUT2D eigenvalue weighted by atomic mass is 35.5. The van der Waals surface area contributed by atoms with Crippen molar-refractivity contribution in [3.63, 3.8) is 0 Å². The molecule has 1 aromatic rings. The van der Waals surface area contributed by atoms with E-state index in [0.717, 1.165) is 23.3 Å². The molecule has 5 nitrogen and oxygen atoms in total. The minimum absolute atomic E-state index is 0.613. The van der Waals surface area contributed by atoms with Gasteiger partial charge in [0.1, 0.15) is 0 Å². The van der Waals surface area contributed by atoms with Gasteiger partial charge in [0.2, 0.25) is 0 Å². The second-order valence-electron chi connectivity index (χ2n) is 4.33. The van der Waals surface area contributed by atoms with E-state index in [-0.39, 0.29) is 0 Å². The van der Waals surface area contributed by atoms with Crippen LogP contribution in [0.5, 0.6) is 0 Å². The summed E-state index contributed by atoms with van der Waals surface area (Å²) < 4.78 is 10.3. The van der Waals surface area contributed by atoms with Crippen molar-refractivity contribution in [3.05, 3.63) is 29.3 Å². The number of nitrogens with one attached hydrogen (secondary N) is 2. The van der Waals surface area contributed by atoms with Crippen LogP contribution in [0.25, 0.3) is 0 Å². The highest BCUT2D eigenvalue weighted by Gasteiger charge is 1.98. The number of thioether (sulfide) groups is 1. The maximum Gasteiger partial charge on any atom is 0.191 e. The molecule has 1 aromatic carbocycles.